The Balaban J connectivity index is 4.22. The maximum Gasteiger partial charge on any atom is 0.208 e. The van der Waals surface area contributed by atoms with E-state index in [1.165, 1.54) is 0 Å². The van der Waals surface area contributed by atoms with Crippen LogP contribution in [-0.2, 0) is 0 Å². The van der Waals surface area contributed by atoms with Crippen molar-refractivity contribution in [3.05, 3.63) is 0 Å². The SMILES string of the molecule is CC(C)CN(C)C(=NC(C)C)NN. The number of nitrogens with zero attached hydrogens (tertiary/aromatic N) is 2. The molecule has 0 aromatic rings. The number of rotatable bonds is 3. The molecule has 0 aliphatic carbocycles. The Labute approximate surface area is 81.2 Å². The lowest BCUT2D eigenvalue weighted by molar-refractivity contribution is 0.409. The molecule has 0 unspecified atom stereocenters. The van der Waals surface area contributed by atoms with Gasteiger partial charge in [0.05, 0.1) is 0 Å². The van der Waals surface area contributed by atoms with E-state index < -0.39 is 0 Å². The van der Waals surface area contributed by atoms with Crippen molar-refractivity contribution in [2.45, 2.75) is 33.7 Å². The Bertz CT molecular complexity index is 163. The highest BCUT2D eigenvalue weighted by atomic mass is 15.4. The van der Waals surface area contributed by atoms with E-state index >= 15 is 0 Å². The zero-order valence-electron chi connectivity index (χ0n) is 9.33. The number of hydrazine groups is 1. The molecule has 78 valence electrons. The van der Waals surface area contributed by atoms with Crippen LogP contribution in [0.2, 0.25) is 0 Å². The lowest BCUT2D eigenvalue weighted by atomic mass is 10.2. The fourth-order valence-electron chi connectivity index (χ4n) is 1.12. The van der Waals surface area contributed by atoms with Gasteiger partial charge in [0.25, 0.3) is 0 Å². The van der Waals surface area contributed by atoms with E-state index in [1.807, 2.05) is 25.8 Å². The molecule has 0 bridgehead atoms. The lowest BCUT2D eigenvalue weighted by Crippen LogP contribution is -2.44. The Morgan fingerprint density at radius 2 is 1.92 bits per heavy atom. The first kappa shape index (κ1) is 12.2. The average molecular weight is 186 g/mol. The Morgan fingerprint density at radius 1 is 1.38 bits per heavy atom. The average Bonchev–Trinajstić information content (AvgIpc) is 1.98. The molecule has 0 heterocycles. The van der Waals surface area contributed by atoms with E-state index in [2.05, 4.69) is 24.3 Å². The Hall–Kier alpha value is -0.770. The minimum Gasteiger partial charge on any atom is -0.345 e. The second-order valence-electron chi connectivity index (χ2n) is 3.97. The number of hydrogen-bond donors (Lipinski definition) is 2. The van der Waals surface area contributed by atoms with E-state index in [1.54, 1.807) is 0 Å². The monoisotopic (exact) mass is 186 g/mol. The summed E-state index contributed by atoms with van der Waals surface area (Å²) in [5.74, 6) is 6.74. The molecular formula is C9H22N4. The van der Waals surface area contributed by atoms with Gasteiger partial charge in [-0.2, -0.15) is 0 Å². The van der Waals surface area contributed by atoms with Gasteiger partial charge in [0, 0.05) is 19.6 Å². The van der Waals surface area contributed by atoms with E-state index in [4.69, 9.17) is 5.84 Å². The quantitative estimate of drug-likeness (QED) is 0.297. The molecule has 4 heteroatoms. The molecule has 0 fully saturated rings. The Kier molecular flexibility index (Phi) is 5.46. The summed E-state index contributed by atoms with van der Waals surface area (Å²) in [7, 11) is 1.99. The molecule has 0 radical (unpaired) electrons. The summed E-state index contributed by atoms with van der Waals surface area (Å²) in [6.07, 6.45) is 0. The predicted octanol–water partition coefficient (Wildman–Crippen LogP) is 0.802. The Morgan fingerprint density at radius 3 is 2.23 bits per heavy atom. The van der Waals surface area contributed by atoms with Gasteiger partial charge < -0.3 is 4.90 Å². The number of aliphatic imine (C=N–C) groups is 1. The summed E-state index contributed by atoms with van der Waals surface area (Å²) >= 11 is 0. The molecular weight excluding hydrogens is 164 g/mol. The third-order valence-corrected chi connectivity index (χ3v) is 1.51. The van der Waals surface area contributed by atoms with Crippen LogP contribution in [0.5, 0.6) is 0 Å². The number of nitrogens with two attached hydrogens (primary N) is 1. The van der Waals surface area contributed by atoms with Gasteiger partial charge in [0.2, 0.25) is 5.96 Å². The number of guanidine groups is 1. The molecule has 0 aromatic heterocycles. The van der Waals surface area contributed by atoms with Crippen molar-refractivity contribution >= 4 is 5.96 Å². The first-order valence-electron chi connectivity index (χ1n) is 4.73. The molecule has 3 N–H and O–H groups in total. The zero-order chi connectivity index (χ0) is 10.4. The minimum absolute atomic E-state index is 0.265. The predicted molar refractivity (Wildman–Crippen MR) is 57.4 cm³/mol. The van der Waals surface area contributed by atoms with Crippen LogP contribution in [0, 0.1) is 5.92 Å². The number of hydrogen-bond acceptors (Lipinski definition) is 2. The summed E-state index contributed by atoms with van der Waals surface area (Å²) < 4.78 is 0. The van der Waals surface area contributed by atoms with Crippen LogP contribution in [0.1, 0.15) is 27.7 Å². The van der Waals surface area contributed by atoms with Crippen molar-refractivity contribution in [1.82, 2.24) is 10.3 Å². The number of nitrogens with one attached hydrogen (secondary N) is 1. The topological polar surface area (TPSA) is 53.6 Å². The van der Waals surface area contributed by atoms with Gasteiger partial charge in [-0.15, -0.1) is 0 Å². The van der Waals surface area contributed by atoms with Crippen LogP contribution in [0.4, 0.5) is 0 Å². The zero-order valence-corrected chi connectivity index (χ0v) is 9.33. The van der Waals surface area contributed by atoms with Crippen LogP contribution in [0.25, 0.3) is 0 Å². The van der Waals surface area contributed by atoms with Gasteiger partial charge in [-0.05, 0) is 19.8 Å². The highest BCUT2D eigenvalue weighted by molar-refractivity contribution is 5.79. The van der Waals surface area contributed by atoms with Crippen molar-refractivity contribution in [2.24, 2.45) is 16.8 Å². The summed E-state index contributed by atoms with van der Waals surface area (Å²) in [5.41, 5.74) is 2.61. The smallest absolute Gasteiger partial charge is 0.208 e. The highest BCUT2D eigenvalue weighted by Gasteiger charge is 2.06. The summed E-state index contributed by atoms with van der Waals surface area (Å²) in [6, 6.07) is 0.265. The van der Waals surface area contributed by atoms with Gasteiger partial charge >= 0.3 is 0 Å². The molecule has 0 spiro atoms. The van der Waals surface area contributed by atoms with Crippen LogP contribution >= 0.6 is 0 Å². The molecule has 0 atom stereocenters. The fourth-order valence-corrected chi connectivity index (χ4v) is 1.12. The molecule has 0 aliphatic heterocycles. The van der Waals surface area contributed by atoms with E-state index in [9.17, 15) is 0 Å². The van der Waals surface area contributed by atoms with E-state index in [0.717, 1.165) is 12.5 Å². The van der Waals surface area contributed by atoms with Gasteiger partial charge in [-0.3, -0.25) is 5.43 Å². The minimum atomic E-state index is 0.265. The molecule has 13 heavy (non-hydrogen) atoms. The maximum absolute atomic E-state index is 5.38. The summed E-state index contributed by atoms with van der Waals surface area (Å²) in [6.45, 7) is 9.34. The van der Waals surface area contributed by atoms with Crippen LogP contribution < -0.4 is 11.3 Å². The second-order valence-corrected chi connectivity index (χ2v) is 3.97. The molecule has 0 saturated heterocycles. The van der Waals surface area contributed by atoms with Crippen LogP contribution in [-0.4, -0.2) is 30.5 Å². The standard InChI is InChI=1S/C9H22N4/c1-7(2)6-13(5)9(12-10)11-8(3)4/h7-8H,6,10H2,1-5H3,(H,11,12). The summed E-state index contributed by atoms with van der Waals surface area (Å²) in [5, 5.41) is 0. The van der Waals surface area contributed by atoms with Gasteiger partial charge in [0.1, 0.15) is 0 Å². The molecule has 0 aliphatic rings. The van der Waals surface area contributed by atoms with Crippen molar-refractivity contribution in [3.8, 4) is 0 Å². The van der Waals surface area contributed by atoms with E-state index in [-0.39, 0.29) is 6.04 Å². The third kappa shape index (κ3) is 5.47. The van der Waals surface area contributed by atoms with E-state index in [0.29, 0.717) is 5.92 Å². The molecule has 0 amide bonds. The third-order valence-electron chi connectivity index (χ3n) is 1.51. The van der Waals surface area contributed by atoms with Crippen molar-refractivity contribution in [2.75, 3.05) is 13.6 Å². The van der Waals surface area contributed by atoms with Crippen LogP contribution in [0.3, 0.4) is 0 Å². The normalized spacial score (nSPS) is 12.5. The van der Waals surface area contributed by atoms with Crippen molar-refractivity contribution in [3.63, 3.8) is 0 Å². The second kappa shape index (κ2) is 5.80. The van der Waals surface area contributed by atoms with Gasteiger partial charge in [-0.1, -0.05) is 13.8 Å². The van der Waals surface area contributed by atoms with Crippen molar-refractivity contribution < 1.29 is 0 Å². The lowest BCUT2D eigenvalue weighted by Gasteiger charge is -2.23. The van der Waals surface area contributed by atoms with Crippen LogP contribution in [0.15, 0.2) is 4.99 Å². The molecule has 4 nitrogen and oxygen atoms in total. The summed E-state index contributed by atoms with van der Waals surface area (Å²) in [4.78, 5) is 6.39. The molecule has 0 rings (SSSR count). The van der Waals surface area contributed by atoms with Gasteiger partial charge in [-0.25, -0.2) is 10.8 Å². The first-order chi connectivity index (χ1) is 5.97. The van der Waals surface area contributed by atoms with Crippen molar-refractivity contribution in [1.29, 1.82) is 0 Å². The largest absolute Gasteiger partial charge is 0.345 e. The molecule has 0 saturated carbocycles. The first-order valence-corrected chi connectivity index (χ1v) is 4.73. The maximum atomic E-state index is 5.38. The fraction of sp³-hybridized carbons (Fsp3) is 0.889. The highest BCUT2D eigenvalue weighted by Crippen LogP contribution is 1.97. The van der Waals surface area contributed by atoms with Gasteiger partial charge in [0.15, 0.2) is 0 Å². The molecule has 0 aromatic carbocycles.